The van der Waals surface area contributed by atoms with Gasteiger partial charge in [-0.25, -0.2) is 8.42 Å². The second-order valence-electron chi connectivity index (χ2n) is 2.94. The van der Waals surface area contributed by atoms with Crippen molar-refractivity contribution in [3.63, 3.8) is 0 Å². The third-order valence-electron chi connectivity index (χ3n) is 1.38. The number of hydrogen-bond donors (Lipinski definition) is 1. The standard InChI is InChI=1S/C6H11N3O2S/c1-4(2)5-7-6(9-8-5)12(3,10)11/h4H,1-3H3,(H,7,8,9). The third-order valence-corrected chi connectivity index (χ3v) is 2.27. The Morgan fingerprint density at radius 3 is 2.17 bits per heavy atom. The van der Waals surface area contributed by atoms with E-state index in [1.165, 1.54) is 0 Å². The molecule has 68 valence electrons. The molecule has 1 rings (SSSR count). The summed E-state index contributed by atoms with van der Waals surface area (Å²) >= 11 is 0. The van der Waals surface area contributed by atoms with Gasteiger partial charge in [-0.05, 0) is 0 Å². The fourth-order valence-electron chi connectivity index (χ4n) is 0.686. The largest absolute Gasteiger partial charge is 0.316 e. The average molecular weight is 189 g/mol. The van der Waals surface area contributed by atoms with Crippen LogP contribution >= 0.6 is 0 Å². The van der Waals surface area contributed by atoms with Crippen molar-refractivity contribution in [2.45, 2.75) is 24.9 Å². The lowest BCUT2D eigenvalue weighted by molar-refractivity contribution is 0.593. The summed E-state index contributed by atoms with van der Waals surface area (Å²) < 4.78 is 21.9. The number of H-pyrrole nitrogens is 1. The second kappa shape index (κ2) is 2.85. The monoisotopic (exact) mass is 189 g/mol. The predicted octanol–water partition coefficient (Wildman–Crippen LogP) is 0.332. The van der Waals surface area contributed by atoms with E-state index in [1.54, 1.807) is 0 Å². The molecule has 0 bridgehead atoms. The molecule has 0 unspecified atom stereocenters. The van der Waals surface area contributed by atoms with Gasteiger partial charge in [-0.15, -0.1) is 10.2 Å². The first-order valence-corrected chi connectivity index (χ1v) is 5.43. The molecule has 12 heavy (non-hydrogen) atoms. The Kier molecular flexibility index (Phi) is 2.18. The van der Waals surface area contributed by atoms with Gasteiger partial charge in [-0.2, -0.15) is 0 Å². The van der Waals surface area contributed by atoms with Gasteiger partial charge in [0.1, 0.15) is 5.82 Å². The van der Waals surface area contributed by atoms with Crippen molar-refractivity contribution in [2.75, 3.05) is 6.26 Å². The van der Waals surface area contributed by atoms with E-state index < -0.39 is 9.84 Å². The molecule has 1 aromatic rings. The summed E-state index contributed by atoms with van der Waals surface area (Å²) in [5, 5.41) is 7.15. The molecule has 0 aliphatic heterocycles. The number of nitrogens with one attached hydrogen (secondary N) is 1. The van der Waals surface area contributed by atoms with Crippen LogP contribution in [0.3, 0.4) is 0 Å². The molecule has 0 saturated carbocycles. The first-order chi connectivity index (χ1) is 5.41. The Bertz CT molecular complexity index is 366. The lowest BCUT2D eigenvalue weighted by Crippen LogP contribution is -1.99. The zero-order chi connectivity index (χ0) is 9.35. The van der Waals surface area contributed by atoms with Crippen molar-refractivity contribution in [2.24, 2.45) is 0 Å². The van der Waals surface area contributed by atoms with E-state index in [2.05, 4.69) is 15.2 Å². The van der Waals surface area contributed by atoms with Gasteiger partial charge in [0.25, 0.3) is 0 Å². The molecular formula is C6H11N3O2S. The maximum absolute atomic E-state index is 10.9. The molecule has 0 aliphatic rings. The first-order valence-electron chi connectivity index (χ1n) is 3.54. The normalized spacial score (nSPS) is 12.3. The Balaban J connectivity index is 3.09. The predicted molar refractivity (Wildman–Crippen MR) is 43.6 cm³/mol. The van der Waals surface area contributed by atoms with Gasteiger partial charge in [0.05, 0.1) is 0 Å². The minimum atomic E-state index is -3.24. The van der Waals surface area contributed by atoms with Crippen LogP contribution in [0.25, 0.3) is 0 Å². The minimum Gasteiger partial charge on any atom is -0.316 e. The highest BCUT2D eigenvalue weighted by Crippen LogP contribution is 2.09. The van der Waals surface area contributed by atoms with E-state index in [4.69, 9.17) is 0 Å². The molecule has 6 heteroatoms. The molecule has 0 atom stereocenters. The summed E-state index contributed by atoms with van der Waals surface area (Å²) in [4.78, 5) is 2.64. The smallest absolute Gasteiger partial charge is 0.246 e. The van der Waals surface area contributed by atoms with Crippen molar-refractivity contribution in [1.29, 1.82) is 0 Å². The van der Waals surface area contributed by atoms with Gasteiger partial charge in [0.15, 0.2) is 0 Å². The molecule has 0 saturated heterocycles. The van der Waals surface area contributed by atoms with Crippen LogP contribution in [0.15, 0.2) is 5.16 Å². The average Bonchev–Trinajstić information content (AvgIpc) is 2.30. The summed E-state index contributed by atoms with van der Waals surface area (Å²) in [6, 6.07) is 0. The molecule has 5 nitrogen and oxygen atoms in total. The highest BCUT2D eigenvalue weighted by molar-refractivity contribution is 7.90. The fraction of sp³-hybridized carbons (Fsp3) is 0.667. The number of hydrogen-bond acceptors (Lipinski definition) is 4. The topological polar surface area (TPSA) is 75.7 Å². The van der Waals surface area contributed by atoms with E-state index in [9.17, 15) is 8.42 Å². The molecule has 0 fully saturated rings. The molecular weight excluding hydrogens is 178 g/mol. The maximum atomic E-state index is 10.9. The molecule has 0 aromatic carbocycles. The molecule has 1 heterocycles. The van der Waals surface area contributed by atoms with E-state index in [0.717, 1.165) is 6.26 Å². The van der Waals surface area contributed by atoms with E-state index in [1.807, 2.05) is 13.8 Å². The van der Waals surface area contributed by atoms with Crippen molar-refractivity contribution in [1.82, 2.24) is 15.2 Å². The maximum Gasteiger partial charge on any atom is 0.246 e. The molecule has 0 radical (unpaired) electrons. The van der Waals surface area contributed by atoms with Crippen LogP contribution in [0.5, 0.6) is 0 Å². The molecule has 1 N–H and O–H groups in total. The fourth-order valence-corrected chi connectivity index (χ4v) is 1.16. The van der Waals surface area contributed by atoms with Gasteiger partial charge in [0.2, 0.25) is 15.0 Å². The molecule has 0 spiro atoms. The van der Waals surface area contributed by atoms with Crippen LogP contribution in [0, 0.1) is 0 Å². The van der Waals surface area contributed by atoms with Crippen LogP contribution < -0.4 is 0 Å². The van der Waals surface area contributed by atoms with Crippen molar-refractivity contribution in [3.05, 3.63) is 5.82 Å². The summed E-state index contributed by atoms with van der Waals surface area (Å²) in [6.07, 6.45) is 1.09. The van der Waals surface area contributed by atoms with Crippen molar-refractivity contribution < 1.29 is 8.42 Å². The number of nitrogens with zero attached hydrogens (tertiary/aromatic N) is 2. The minimum absolute atomic E-state index is 0.0637. The zero-order valence-corrected chi connectivity index (χ0v) is 8.01. The third kappa shape index (κ3) is 1.82. The van der Waals surface area contributed by atoms with Crippen LogP contribution in [-0.2, 0) is 9.84 Å². The van der Waals surface area contributed by atoms with Gasteiger partial charge in [0, 0.05) is 12.2 Å². The molecule has 0 amide bonds. The first kappa shape index (κ1) is 9.18. The summed E-state index contributed by atoms with van der Waals surface area (Å²) in [7, 11) is -3.24. The number of aromatic amines is 1. The lowest BCUT2D eigenvalue weighted by atomic mass is 10.2. The number of aromatic nitrogens is 3. The lowest BCUT2D eigenvalue weighted by Gasteiger charge is -1.95. The van der Waals surface area contributed by atoms with Crippen LogP contribution in [0.4, 0.5) is 0 Å². The number of sulfone groups is 1. The SMILES string of the molecule is CC(C)c1nnc(S(C)(=O)=O)[nH]1. The highest BCUT2D eigenvalue weighted by Gasteiger charge is 2.14. The quantitative estimate of drug-likeness (QED) is 0.727. The second-order valence-corrected chi connectivity index (χ2v) is 4.87. The zero-order valence-electron chi connectivity index (χ0n) is 7.20. The molecule has 0 aliphatic carbocycles. The number of rotatable bonds is 2. The van der Waals surface area contributed by atoms with Gasteiger partial charge in [-0.3, -0.25) is 0 Å². The summed E-state index contributed by atoms with van der Waals surface area (Å²) in [5.74, 6) is 0.753. The Morgan fingerprint density at radius 1 is 1.33 bits per heavy atom. The Labute approximate surface area is 71.1 Å². The molecule has 1 aromatic heterocycles. The van der Waals surface area contributed by atoms with Crippen molar-refractivity contribution in [3.8, 4) is 0 Å². The van der Waals surface area contributed by atoms with Gasteiger partial charge < -0.3 is 4.98 Å². The summed E-state index contributed by atoms with van der Waals surface area (Å²) in [5.41, 5.74) is 0. The highest BCUT2D eigenvalue weighted by atomic mass is 32.2. The van der Waals surface area contributed by atoms with Crippen LogP contribution in [-0.4, -0.2) is 29.9 Å². The van der Waals surface area contributed by atoms with Gasteiger partial charge >= 0.3 is 0 Å². The van der Waals surface area contributed by atoms with E-state index in [-0.39, 0.29) is 11.1 Å². The summed E-state index contributed by atoms with van der Waals surface area (Å²) in [6.45, 7) is 3.82. The van der Waals surface area contributed by atoms with Crippen LogP contribution in [0.2, 0.25) is 0 Å². The van der Waals surface area contributed by atoms with Crippen molar-refractivity contribution >= 4 is 9.84 Å². The van der Waals surface area contributed by atoms with E-state index in [0.29, 0.717) is 5.82 Å². The van der Waals surface area contributed by atoms with Crippen LogP contribution in [0.1, 0.15) is 25.6 Å². The van der Waals surface area contributed by atoms with E-state index >= 15 is 0 Å². The Morgan fingerprint density at radius 2 is 1.92 bits per heavy atom. The Hall–Kier alpha value is -0.910. The van der Waals surface area contributed by atoms with Gasteiger partial charge in [-0.1, -0.05) is 13.8 Å².